The van der Waals surface area contributed by atoms with Crippen molar-refractivity contribution < 1.29 is 183 Å². The molecule has 8 rings (SSSR count). The highest BCUT2D eigenvalue weighted by Gasteiger charge is 2.58. The first kappa shape index (κ1) is 70.2. The number of hydrogen-bond donors (Lipinski definition) is 21. The van der Waals surface area contributed by atoms with Gasteiger partial charge in [0, 0.05) is 7.11 Å². The molecule has 37 nitrogen and oxygen atoms in total. The SMILES string of the molecule is CO[C@H]1OC(CO)C(O)C(OC2OC(COC3OC(CO)C(O)C(O)C3OC(=O)c3ccccc3)[C@@H](O)C(OC3OC(CO)C(O)C(OC4OC(COC5OC(CO)C(O)C(O)C5O)[C@@H](O)C(OC5OC(CO)C(O)C(O)C5O)C4O)C3O)C2O)C1O. The Morgan fingerprint density at radius 2 is 0.632 bits per heavy atom. The zero-order valence-corrected chi connectivity index (χ0v) is 46.0. The predicted octanol–water partition coefficient (Wildman–Crippen LogP) is -13.8. The fraction of sp³-hybridized carbons (Fsp3) is 0.860. The van der Waals surface area contributed by atoms with Crippen molar-refractivity contribution in [2.45, 2.75) is 215 Å². The van der Waals surface area contributed by atoms with E-state index in [0.717, 1.165) is 7.11 Å². The molecule has 7 aliphatic rings. The van der Waals surface area contributed by atoms with Crippen molar-refractivity contribution in [2.75, 3.05) is 53.4 Å². The molecule has 0 bridgehead atoms. The van der Waals surface area contributed by atoms with Gasteiger partial charge in [-0.3, -0.25) is 0 Å². The van der Waals surface area contributed by atoms with Gasteiger partial charge in [-0.05, 0) is 12.1 Å². The molecule has 0 aliphatic carbocycles. The fourth-order valence-corrected chi connectivity index (χ4v) is 10.8. The molecule has 7 saturated heterocycles. The van der Waals surface area contributed by atoms with E-state index in [2.05, 4.69) is 0 Å². The Morgan fingerprint density at radius 3 is 1.03 bits per heavy atom. The maximum Gasteiger partial charge on any atom is 0.338 e. The number of hydrogen-bond acceptors (Lipinski definition) is 37. The van der Waals surface area contributed by atoms with Gasteiger partial charge in [0.2, 0.25) is 0 Å². The van der Waals surface area contributed by atoms with Gasteiger partial charge in [0.05, 0.1) is 51.8 Å². The van der Waals surface area contributed by atoms with Gasteiger partial charge in [-0.25, -0.2) is 4.79 Å². The molecule has 0 amide bonds. The van der Waals surface area contributed by atoms with Gasteiger partial charge >= 0.3 is 5.97 Å². The molecule has 0 radical (unpaired) electrons. The molecule has 7 fully saturated rings. The molecule has 7 heterocycles. The van der Waals surface area contributed by atoms with Crippen LogP contribution in [0.4, 0.5) is 0 Å². The summed E-state index contributed by atoms with van der Waals surface area (Å²) >= 11 is 0. The Bertz CT molecular complexity index is 2230. The number of aliphatic hydroxyl groups excluding tert-OH is 21. The summed E-state index contributed by atoms with van der Waals surface area (Å²) in [6.07, 6.45) is -69.7. The van der Waals surface area contributed by atoms with Crippen LogP contribution in [0, 0.1) is 0 Å². The summed E-state index contributed by atoms with van der Waals surface area (Å²) in [6, 6.07) is 7.30. The zero-order chi connectivity index (χ0) is 63.5. The molecule has 37 heteroatoms. The standard InChI is InChI=1S/C50H78O37/c1-73-44-34(68)38(25(59)18(10-54)76-44)85-48-37(71)41(28(62)21(82-48)13-75-50-42(31(65)24(58)17(9-53)80-50)83-43(72)14-5-3-2-4-6-14)87-47-35(69)39(26(60)19(11-55)79-47)86-49-36(70)40(84-46-33(67)30(64)23(57)16(8-52)78-46)27(61)20(81-49)12-74-45-32(66)29(63)22(56)15(7-51)77-45/h2-6,15-42,44-71H,7-13H2,1H3/t15?,16?,17?,18?,19?,20?,21?,22?,23?,24?,25?,26?,27-,28-,29?,30?,31?,32?,33?,34?,35?,36?,37?,38?,39?,40?,41?,42?,44+,45?,46?,47?,48?,49?,50?/m1/s1. The second-order valence-corrected chi connectivity index (χ2v) is 21.6. The highest BCUT2D eigenvalue weighted by atomic mass is 16.8. The second-order valence-electron chi connectivity index (χ2n) is 21.6. The predicted molar refractivity (Wildman–Crippen MR) is 266 cm³/mol. The van der Waals surface area contributed by atoms with Crippen molar-refractivity contribution in [3.63, 3.8) is 0 Å². The molecule has 500 valence electrons. The highest BCUT2D eigenvalue weighted by Crippen LogP contribution is 2.38. The Hall–Kier alpha value is -2.71. The molecule has 0 aromatic heterocycles. The van der Waals surface area contributed by atoms with E-state index in [1.165, 1.54) is 24.3 Å². The molecule has 1 aromatic rings. The molecule has 87 heavy (non-hydrogen) atoms. The van der Waals surface area contributed by atoms with Crippen LogP contribution < -0.4 is 0 Å². The molecule has 35 atom stereocenters. The molecule has 0 spiro atoms. The van der Waals surface area contributed by atoms with E-state index in [9.17, 15) is 112 Å². The first-order chi connectivity index (χ1) is 41.4. The number of carbonyl (C=O) groups is 1. The maximum atomic E-state index is 13.2. The summed E-state index contributed by atoms with van der Waals surface area (Å²) in [6.45, 7) is -6.71. The van der Waals surface area contributed by atoms with Crippen LogP contribution in [0.2, 0.25) is 0 Å². The molecule has 0 saturated carbocycles. The van der Waals surface area contributed by atoms with Gasteiger partial charge in [0.25, 0.3) is 0 Å². The van der Waals surface area contributed by atoms with Crippen LogP contribution in [0.3, 0.4) is 0 Å². The number of carbonyl (C=O) groups excluding carboxylic acids is 1. The van der Waals surface area contributed by atoms with Crippen molar-refractivity contribution in [3.8, 4) is 0 Å². The maximum absolute atomic E-state index is 13.2. The fourth-order valence-electron chi connectivity index (χ4n) is 10.8. The Morgan fingerprint density at radius 1 is 0.333 bits per heavy atom. The summed E-state index contributed by atoms with van der Waals surface area (Å²) < 4.78 is 85.1. The van der Waals surface area contributed by atoms with Crippen molar-refractivity contribution >= 4 is 5.97 Å². The van der Waals surface area contributed by atoms with E-state index in [4.69, 9.17) is 71.1 Å². The zero-order valence-electron chi connectivity index (χ0n) is 46.0. The number of esters is 1. The van der Waals surface area contributed by atoms with E-state index in [1.54, 1.807) is 6.07 Å². The second kappa shape index (κ2) is 30.8. The average Bonchev–Trinajstić information content (AvgIpc) is 1.34. The molecule has 7 aliphatic heterocycles. The summed E-state index contributed by atoms with van der Waals surface area (Å²) in [5.41, 5.74) is -0.0233. The Labute approximate surface area is 492 Å². The molecule has 21 N–H and O–H groups in total. The molecular formula is C50H78O37. The lowest BCUT2D eigenvalue weighted by Crippen LogP contribution is -2.68. The lowest BCUT2D eigenvalue weighted by Gasteiger charge is -2.50. The molecule has 32 unspecified atom stereocenters. The van der Waals surface area contributed by atoms with Crippen LogP contribution in [0.1, 0.15) is 10.4 Å². The lowest BCUT2D eigenvalue weighted by atomic mass is 9.95. The third kappa shape index (κ3) is 15.0. The van der Waals surface area contributed by atoms with Crippen LogP contribution >= 0.6 is 0 Å². The third-order valence-corrected chi connectivity index (χ3v) is 15.9. The van der Waals surface area contributed by atoms with Crippen molar-refractivity contribution in [2.24, 2.45) is 0 Å². The number of methoxy groups -OCH3 is 1. The highest BCUT2D eigenvalue weighted by molar-refractivity contribution is 5.89. The Kier molecular flexibility index (Phi) is 24.9. The molecular weight excluding hydrogens is 1190 g/mol. The number of benzene rings is 1. The van der Waals surface area contributed by atoms with E-state index < -0.39 is 267 Å². The monoisotopic (exact) mass is 1270 g/mol. The minimum atomic E-state index is -2.42. The number of aliphatic hydroxyl groups is 21. The van der Waals surface area contributed by atoms with Gasteiger partial charge in [-0.2, -0.15) is 0 Å². The normalized spacial score (nSPS) is 49.1. The smallest absolute Gasteiger partial charge is 0.338 e. The summed E-state index contributed by atoms with van der Waals surface area (Å²) in [4.78, 5) is 13.2. The average molecular weight is 1270 g/mol. The van der Waals surface area contributed by atoms with Gasteiger partial charge < -0.3 is 178 Å². The van der Waals surface area contributed by atoms with Gasteiger partial charge in [-0.15, -0.1) is 0 Å². The largest absolute Gasteiger partial charge is 0.450 e. The number of ether oxygens (including phenoxy) is 15. The first-order valence-electron chi connectivity index (χ1n) is 27.6. The van der Waals surface area contributed by atoms with Crippen LogP contribution in [-0.2, 0) is 71.1 Å². The summed E-state index contributed by atoms with van der Waals surface area (Å²) in [7, 11) is 1.09. The summed E-state index contributed by atoms with van der Waals surface area (Å²) in [5.74, 6) is -1.04. The molecule has 1 aromatic carbocycles. The van der Waals surface area contributed by atoms with Gasteiger partial charge in [-0.1, -0.05) is 18.2 Å². The first-order valence-corrected chi connectivity index (χ1v) is 27.6. The Balaban J connectivity index is 1.07. The van der Waals surface area contributed by atoms with Gasteiger partial charge in [0.15, 0.2) is 50.1 Å². The van der Waals surface area contributed by atoms with Crippen LogP contribution in [-0.4, -0.2) is 382 Å². The topological polar surface area (TPSA) is 580 Å². The van der Waals surface area contributed by atoms with E-state index >= 15 is 0 Å². The van der Waals surface area contributed by atoms with E-state index in [0.29, 0.717) is 0 Å². The quantitative estimate of drug-likeness (QED) is 0.0479. The lowest BCUT2D eigenvalue weighted by molar-refractivity contribution is -0.398. The third-order valence-electron chi connectivity index (χ3n) is 15.9. The van der Waals surface area contributed by atoms with Crippen LogP contribution in [0.25, 0.3) is 0 Å². The van der Waals surface area contributed by atoms with E-state index in [1.807, 2.05) is 0 Å². The van der Waals surface area contributed by atoms with Crippen molar-refractivity contribution in [1.29, 1.82) is 0 Å². The van der Waals surface area contributed by atoms with Gasteiger partial charge in [0.1, 0.15) is 165 Å². The minimum absolute atomic E-state index is 0.0233. The van der Waals surface area contributed by atoms with E-state index in [-0.39, 0.29) is 5.56 Å². The minimum Gasteiger partial charge on any atom is -0.450 e. The van der Waals surface area contributed by atoms with Crippen molar-refractivity contribution in [3.05, 3.63) is 35.9 Å². The number of rotatable bonds is 22. The van der Waals surface area contributed by atoms with Crippen molar-refractivity contribution in [1.82, 2.24) is 0 Å². The van der Waals surface area contributed by atoms with Crippen LogP contribution in [0.15, 0.2) is 30.3 Å². The van der Waals surface area contributed by atoms with Crippen LogP contribution in [0.5, 0.6) is 0 Å². The summed E-state index contributed by atoms with van der Waals surface area (Å²) in [5, 5.41) is 229.